The van der Waals surface area contributed by atoms with Crippen molar-refractivity contribution in [1.29, 1.82) is 0 Å². The summed E-state index contributed by atoms with van der Waals surface area (Å²) >= 11 is 0. The fourth-order valence-electron chi connectivity index (χ4n) is 3.21. The normalized spacial score (nSPS) is 14.6. The number of nitrogens with zero attached hydrogens (tertiary/aromatic N) is 1. The zero-order valence-electron chi connectivity index (χ0n) is 10.7. The molecule has 0 fully saturated rings. The average Bonchev–Trinajstić information content (AvgIpc) is 2.74. The highest BCUT2D eigenvalue weighted by molar-refractivity contribution is 6.04. The molecule has 1 aromatic carbocycles. The molecule has 0 radical (unpaired) electrons. The predicted octanol–water partition coefficient (Wildman–Crippen LogP) is 2.21. The van der Waals surface area contributed by atoms with Crippen molar-refractivity contribution in [2.75, 3.05) is 6.61 Å². The lowest BCUT2D eigenvalue weighted by Crippen LogP contribution is -2.11. The van der Waals surface area contributed by atoms with E-state index >= 15 is 0 Å². The minimum absolute atomic E-state index is 0.0319. The Morgan fingerprint density at radius 1 is 1.26 bits per heavy atom. The number of carbonyl (C=O) groups is 1. The topological polar surface area (TPSA) is 62.5 Å². The zero-order chi connectivity index (χ0) is 13.4. The molecular weight excluding hydrogens is 242 g/mol. The number of rotatable bonds is 3. The van der Waals surface area contributed by atoms with Crippen LogP contribution in [-0.4, -0.2) is 27.4 Å². The van der Waals surface area contributed by atoms with Gasteiger partial charge in [0.25, 0.3) is 0 Å². The largest absolute Gasteiger partial charge is 0.478 e. The monoisotopic (exact) mass is 259 g/mol. The van der Waals surface area contributed by atoms with Crippen LogP contribution < -0.4 is 0 Å². The maximum atomic E-state index is 11.4. The van der Waals surface area contributed by atoms with E-state index in [0.29, 0.717) is 12.1 Å². The Hall–Kier alpha value is -1.81. The van der Waals surface area contributed by atoms with Gasteiger partial charge in [0.05, 0.1) is 17.7 Å². The van der Waals surface area contributed by atoms with Gasteiger partial charge in [0.1, 0.15) is 0 Å². The Bertz CT molecular complexity index is 642. The third-order valence-electron chi connectivity index (χ3n) is 3.95. The molecular formula is C15H17NO3. The van der Waals surface area contributed by atoms with E-state index < -0.39 is 5.97 Å². The van der Waals surface area contributed by atoms with Gasteiger partial charge < -0.3 is 14.8 Å². The fraction of sp³-hybridized carbons (Fsp3) is 0.400. The lowest BCUT2D eigenvalue weighted by Gasteiger charge is -2.15. The first-order valence-corrected chi connectivity index (χ1v) is 6.71. The van der Waals surface area contributed by atoms with Gasteiger partial charge in [0, 0.05) is 17.6 Å². The predicted molar refractivity (Wildman–Crippen MR) is 72.6 cm³/mol. The number of carboxylic acid groups (broad SMARTS) is 1. The first-order valence-electron chi connectivity index (χ1n) is 6.71. The van der Waals surface area contributed by atoms with Crippen molar-refractivity contribution in [3.8, 4) is 0 Å². The van der Waals surface area contributed by atoms with Crippen LogP contribution in [0.5, 0.6) is 0 Å². The van der Waals surface area contributed by atoms with E-state index in [1.165, 1.54) is 11.3 Å². The molecule has 1 heterocycles. The second-order valence-corrected chi connectivity index (χ2v) is 5.01. The Balaban J connectivity index is 2.36. The Kier molecular flexibility index (Phi) is 3.03. The maximum absolute atomic E-state index is 11.4. The number of benzene rings is 1. The number of aliphatic hydroxyl groups is 1. The summed E-state index contributed by atoms with van der Waals surface area (Å²) in [4.78, 5) is 11.4. The number of fused-ring (bicyclic) bond motifs is 3. The third-order valence-corrected chi connectivity index (χ3v) is 3.95. The highest BCUT2D eigenvalue weighted by Crippen LogP contribution is 2.33. The molecule has 1 aliphatic rings. The van der Waals surface area contributed by atoms with E-state index in [9.17, 15) is 15.0 Å². The van der Waals surface area contributed by atoms with Crippen LogP contribution in [0.3, 0.4) is 0 Å². The molecule has 1 aromatic heterocycles. The van der Waals surface area contributed by atoms with Crippen LogP contribution >= 0.6 is 0 Å². The van der Waals surface area contributed by atoms with Gasteiger partial charge in [0.15, 0.2) is 0 Å². The van der Waals surface area contributed by atoms with Crippen molar-refractivity contribution in [2.24, 2.45) is 0 Å². The number of hydrogen-bond acceptors (Lipinski definition) is 2. The molecule has 3 rings (SSSR count). The second kappa shape index (κ2) is 4.70. The third kappa shape index (κ3) is 1.83. The van der Waals surface area contributed by atoms with Gasteiger partial charge in [0.2, 0.25) is 0 Å². The van der Waals surface area contributed by atoms with Crippen molar-refractivity contribution in [2.45, 2.75) is 32.2 Å². The number of aromatic nitrogens is 1. The molecule has 0 spiro atoms. The van der Waals surface area contributed by atoms with Crippen molar-refractivity contribution in [1.82, 2.24) is 4.57 Å². The Morgan fingerprint density at radius 3 is 2.79 bits per heavy atom. The molecule has 0 saturated carbocycles. The highest BCUT2D eigenvalue weighted by Gasteiger charge is 2.22. The molecule has 0 unspecified atom stereocenters. The zero-order valence-corrected chi connectivity index (χ0v) is 10.7. The first-order chi connectivity index (χ1) is 9.24. The number of carboxylic acids is 1. The molecule has 0 aliphatic heterocycles. The van der Waals surface area contributed by atoms with Crippen LogP contribution in [0.4, 0.5) is 0 Å². The summed E-state index contributed by atoms with van der Waals surface area (Å²) < 4.78 is 2.01. The van der Waals surface area contributed by atoms with Gasteiger partial charge in [-0.05, 0) is 37.3 Å². The summed E-state index contributed by atoms with van der Waals surface area (Å²) in [5.41, 5.74) is 3.60. The molecule has 19 heavy (non-hydrogen) atoms. The molecule has 1 aliphatic carbocycles. The Morgan fingerprint density at radius 2 is 2.05 bits per heavy atom. The molecule has 4 nitrogen and oxygen atoms in total. The van der Waals surface area contributed by atoms with Crippen molar-refractivity contribution >= 4 is 16.9 Å². The number of aromatic carboxylic acids is 1. The van der Waals surface area contributed by atoms with E-state index in [1.54, 1.807) is 6.07 Å². The van der Waals surface area contributed by atoms with E-state index in [-0.39, 0.29) is 6.61 Å². The molecule has 0 saturated heterocycles. The minimum Gasteiger partial charge on any atom is -0.478 e. The summed E-state index contributed by atoms with van der Waals surface area (Å²) in [6.45, 7) is 0.500. The van der Waals surface area contributed by atoms with E-state index in [2.05, 4.69) is 0 Å². The van der Waals surface area contributed by atoms with E-state index in [0.717, 1.165) is 36.6 Å². The highest BCUT2D eigenvalue weighted by atomic mass is 16.4. The van der Waals surface area contributed by atoms with E-state index in [1.807, 2.05) is 16.7 Å². The summed E-state index contributed by atoms with van der Waals surface area (Å²) in [5.74, 6) is -0.903. The van der Waals surface area contributed by atoms with Crippen molar-refractivity contribution in [3.63, 3.8) is 0 Å². The Labute approximate surface area is 111 Å². The second-order valence-electron chi connectivity index (χ2n) is 5.01. The first kappa shape index (κ1) is 12.2. The fourth-order valence-corrected chi connectivity index (χ4v) is 3.21. The van der Waals surface area contributed by atoms with Crippen LogP contribution in [0.2, 0.25) is 0 Å². The molecule has 2 N–H and O–H groups in total. The molecule has 0 atom stereocenters. The van der Waals surface area contributed by atoms with Gasteiger partial charge >= 0.3 is 5.97 Å². The molecule has 0 bridgehead atoms. The molecule has 2 aromatic rings. The maximum Gasteiger partial charge on any atom is 0.337 e. The quantitative estimate of drug-likeness (QED) is 0.888. The SMILES string of the molecule is O=C(O)c1cccc2c3c(n(CCO)c12)CCCC3. The van der Waals surface area contributed by atoms with Crippen molar-refractivity contribution in [3.05, 3.63) is 35.0 Å². The smallest absolute Gasteiger partial charge is 0.337 e. The number of para-hydroxylation sites is 1. The van der Waals surface area contributed by atoms with Crippen LogP contribution in [0.15, 0.2) is 18.2 Å². The van der Waals surface area contributed by atoms with Gasteiger partial charge in [-0.2, -0.15) is 0 Å². The van der Waals surface area contributed by atoms with Gasteiger partial charge in [-0.15, -0.1) is 0 Å². The summed E-state index contributed by atoms with van der Waals surface area (Å²) in [7, 11) is 0. The summed E-state index contributed by atoms with van der Waals surface area (Å²) in [5, 5.41) is 19.7. The summed E-state index contributed by atoms with van der Waals surface area (Å²) in [6, 6.07) is 5.45. The lowest BCUT2D eigenvalue weighted by atomic mass is 9.95. The van der Waals surface area contributed by atoms with Crippen LogP contribution in [-0.2, 0) is 19.4 Å². The number of aryl methyl sites for hydroxylation is 1. The number of hydrogen-bond donors (Lipinski definition) is 2. The van der Waals surface area contributed by atoms with E-state index in [4.69, 9.17) is 0 Å². The van der Waals surface area contributed by atoms with Crippen molar-refractivity contribution < 1.29 is 15.0 Å². The summed E-state index contributed by atoms with van der Waals surface area (Å²) in [6.07, 6.45) is 4.27. The van der Waals surface area contributed by atoms with Crippen LogP contribution in [0, 0.1) is 0 Å². The minimum atomic E-state index is -0.903. The average molecular weight is 259 g/mol. The van der Waals surface area contributed by atoms with Crippen LogP contribution in [0.1, 0.15) is 34.5 Å². The molecule has 0 amide bonds. The number of aliphatic hydroxyl groups excluding tert-OH is 1. The standard InChI is InChI=1S/C15H17NO3/c17-9-8-16-13-7-2-1-4-10(13)11-5-3-6-12(14(11)16)15(18)19/h3,5-6,17H,1-2,4,7-9H2,(H,18,19). The molecule has 4 heteroatoms. The van der Waals surface area contributed by atoms with Gasteiger partial charge in [-0.1, -0.05) is 12.1 Å². The van der Waals surface area contributed by atoms with Gasteiger partial charge in [-0.25, -0.2) is 4.79 Å². The molecule has 100 valence electrons. The van der Waals surface area contributed by atoms with Gasteiger partial charge in [-0.3, -0.25) is 0 Å². The lowest BCUT2D eigenvalue weighted by molar-refractivity contribution is 0.0698. The van der Waals surface area contributed by atoms with Crippen LogP contribution in [0.25, 0.3) is 10.9 Å².